The molecule has 0 aliphatic rings. The second-order valence-corrected chi connectivity index (χ2v) is 9.83. The minimum Gasteiger partial charge on any atom is -0.327 e. The molecule has 3 aromatic heterocycles. The van der Waals surface area contributed by atoms with Crippen molar-refractivity contribution in [2.45, 2.75) is 16.7 Å². The van der Waals surface area contributed by atoms with Crippen LogP contribution in [-0.2, 0) is 14.6 Å². The molecule has 0 aliphatic heterocycles. The van der Waals surface area contributed by atoms with Crippen LogP contribution in [0.3, 0.4) is 0 Å². The summed E-state index contributed by atoms with van der Waals surface area (Å²) in [5, 5.41) is 20.6. The SMILES string of the molecule is CC(=O)Nc1cc(-c2sc(-c3nnc[nH]3)c(S(=O)(=O)c3ccc(Cl)cc3)c2C#N)ccn1. The molecule has 4 aromatic rings. The lowest BCUT2D eigenvalue weighted by Crippen LogP contribution is -2.07. The van der Waals surface area contributed by atoms with Gasteiger partial charge >= 0.3 is 0 Å². The summed E-state index contributed by atoms with van der Waals surface area (Å²) < 4.78 is 27.2. The van der Waals surface area contributed by atoms with E-state index in [0.717, 1.165) is 11.3 Å². The van der Waals surface area contributed by atoms with E-state index in [9.17, 15) is 18.5 Å². The molecular weight excluding hydrogens is 472 g/mol. The fourth-order valence-corrected chi connectivity index (χ4v) is 6.22. The molecule has 0 fully saturated rings. The summed E-state index contributed by atoms with van der Waals surface area (Å²) in [5.74, 6) is 0.173. The van der Waals surface area contributed by atoms with Gasteiger partial charge < -0.3 is 10.3 Å². The largest absolute Gasteiger partial charge is 0.327 e. The molecule has 1 amide bonds. The zero-order valence-electron chi connectivity index (χ0n) is 16.3. The number of nitrogens with zero attached hydrogens (tertiary/aromatic N) is 4. The van der Waals surface area contributed by atoms with E-state index in [1.54, 1.807) is 12.1 Å². The number of carbonyl (C=O) groups excluding carboxylic acids is 1. The van der Waals surface area contributed by atoms with E-state index in [-0.39, 0.29) is 37.8 Å². The van der Waals surface area contributed by atoms with Crippen molar-refractivity contribution >= 4 is 44.5 Å². The van der Waals surface area contributed by atoms with Crippen LogP contribution in [0.4, 0.5) is 5.82 Å². The molecule has 3 heterocycles. The van der Waals surface area contributed by atoms with Crippen LogP contribution in [0, 0.1) is 11.3 Å². The highest BCUT2D eigenvalue weighted by molar-refractivity contribution is 7.92. The van der Waals surface area contributed by atoms with Crippen molar-refractivity contribution in [3.05, 3.63) is 59.5 Å². The summed E-state index contributed by atoms with van der Waals surface area (Å²) >= 11 is 6.98. The van der Waals surface area contributed by atoms with E-state index in [2.05, 4.69) is 25.5 Å². The number of nitriles is 1. The number of H-pyrrole nitrogens is 1. The highest BCUT2D eigenvalue weighted by Crippen LogP contribution is 2.45. The number of nitrogens with one attached hydrogen (secondary N) is 2. The fourth-order valence-electron chi connectivity index (χ4n) is 3.00. The summed E-state index contributed by atoms with van der Waals surface area (Å²) in [6, 6.07) is 10.9. The second-order valence-electron chi connectivity index (χ2n) is 6.48. The smallest absolute Gasteiger partial charge is 0.222 e. The quantitative estimate of drug-likeness (QED) is 0.437. The molecule has 9 nitrogen and oxygen atoms in total. The van der Waals surface area contributed by atoms with Gasteiger partial charge in [0.1, 0.15) is 23.1 Å². The van der Waals surface area contributed by atoms with Gasteiger partial charge in [0.25, 0.3) is 0 Å². The Morgan fingerprint density at radius 2 is 1.97 bits per heavy atom. The Morgan fingerprint density at radius 3 is 2.59 bits per heavy atom. The van der Waals surface area contributed by atoms with Gasteiger partial charge in [-0.1, -0.05) is 11.6 Å². The summed E-state index contributed by atoms with van der Waals surface area (Å²) in [7, 11) is -4.12. The van der Waals surface area contributed by atoms with Crippen LogP contribution in [0.15, 0.2) is 58.7 Å². The number of hydrogen-bond acceptors (Lipinski definition) is 8. The number of benzene rings is 1. The van der Waals surface area contributed by atoms with Crippen molar-refractivity contribution in [3.8, 4) is 27.2 Å². The first-order chi connectivity index (χ1) is 15.3. The molecule has 1 aromatic carbocycles. The average molecular weight is 485 g/mol. The third kappa shape index (κ3) is 3.99. The maximum absolute atomic E-state index is 13.6. The van der Waals surface area contributed by atoms with Gasteiger partial charge in [-0.3, -0.25) is 4.79 Å². The van der Waals surface area contributed by atoms with Crippen molar-refractivity contribution in [2.75, 3.05) is 5.32 Å². The molecule has 0 radical (unpaired) electrons. The van der Waals surface area contributed by atoms with Crippen LogP contribution in [0.25, 0.3) is 21.1 Å². The van der Waals surface area contributed by atoms with Gasteiger partial charge in [0.15, 0.2) is 5.82 Å². The number of sulfone groups is 1. The van der Waals surface area contributed by atoms with E-state index >= 15 is 0 Å². The van der Waals surface area contributed by atoms with Crippen molar-refractivity contribution in [1.82, 2.24) is 20.2 Å². The summed E-state index contributed by atoms with van der Waals surface area (Å²) in [4.78, 5) is 18.7. The van der Waals surface area contributed by atoms with E-state index in [1.807, 2.05) is 6.07 Å². The Balaban J connectivity index is 1.99. The lowest BCUT2D eigenvalue weighted by Gasteiger charge is -2.06. The van der Waals surface area contributed by atoms with Gasteiger partial charge in [-0.2, -0.15) is 5.26 Å². The third-order valence-corrected chi connectivity index (χ3v) is 7.79. The van der Waals surface area contributed by atoms with Crippen LogP contribution >= 0.6 is 22.9 Å². The van der Waals surface area contributed by atoms with Gasteiger partial charge in [0.05, 0.1) is 20.2 Å². The molecule has 0 bridgehead atoms. The van der Waals surface area contributed by atoms with E-state index in [4.69, 9.17) is 11.6 Å². The van der Waals surface area contributed by atoms with Crippen LogP contribution in [0.1, 0.15) is 12.5 Å². The van der Waals surface area contributed by atoms with Gasteiger partial charge in [-0.05, 0) is 42.0 Å². The standard InChI is InChI=1S/C20H13ClN6O3S2/c1-11(28)26-16-8-12(6-7-23-16)17-15(9-22)19(18(31-17)20-24-10-25-27-20)32(29,30)14-4-2-13(21)3-5-14/h2-8,10H,1H3,(H,23,26,28)(H,24,25,27). The van der Waals surface area contributed by atoms with Crippen LogP contribution in [0.2, 0.25) is 5.02 Å². The molecule has 160 valence electrons. The number of aromatic nitrogens is 4. The number of halogens is 1. The minimum atomic E-state index is -4.12. The normalized spacial score (nSPS) is 11.2. The predicted octanol–water partition coefficient (Wildman–Crippen LogP) is 3.91. The summed E-state index contributed by atoms with van der Waals surface area (Å²) in [6.45, 7) is 1.35. The van der Waals surface area contributed by atoms with Crippen molar-refractivity contribution < 1.29 is 13.2 Å². The number of aromatic amines is 1. The number of rotatable bonds is 5. The molecule has 0 spiro atoms. The Morgan fingerprint density at radius 1 is 1.22 bits per heavy atom. The van der Waals surface area contributed by atoms with E-state index < -0.39 is 9.84 Å². The molecule has 4 rings (SSSR count). The maximum Gasteiger partial charge on any atom is 0.222 e. The first kappa shape index (κ1) is 21.6. The molecular formula is C20H13ClN6O3S2. The van der Waals surface area contributed by atoms with E-state index in [0.29, 0.717) is 15.5 Å². The Bertz CT molecular complexity index is 1460. The van der Waals surface area contributed by atoms with Gasteiger partial charge in [-0.25, -0.2) is 13.4 Å². The average Bonchev–Trinajstić information content (AvgIpc) is 3.41. The van der Waals surface area contributed by atoms with Gasteiger partial charge in [-0.15, -0.1) is 21.5 Å². The molecule has 0 aliphatic carbocycles. The Kier molecular flexibility index (Phi) is 5.75. The molecule has 12 heteroatoms. The highest BCUT2D eigenvalue weighted by Gasteiger charge is 2.32. The number of amides is 1. The molecule has 0 atom stereocenters. The Labute approximate surface area is 191 Å². The monoisotopic (exact) mass is 484 g/mol. The molecule has 0 unspecified atom stereocenters. The minimum absolute atomic E-state index is 0.0165. The maximum atomic E-state index is 13.6. The summed E-state index contributed by atoms with van der Waals surface area (Å²) in [5.41, 5.74) is 0.472. The van der Waals surface area contributed by atoms with E-state index in [1.165, 1.54) is 43.7 Å². The number of anilines is 1. The summed E-state index contributed by atoms with van der Waals surface area (Å²) in [6.07, 6.45) is 2.78. The first-order valence-electron chi connectivity index (χ1n) is 8.99. The van der Waals surface area contributed by atoms with Crippen molar-refractivity contribution in [2.24, 2.45) is 0 Å². The molecule has 0 saturated carbocycles. The zero-order valence-corrected chi connectivity index (χ0v) is 18.7. The number of carbonyl (C=O) groups is 1. The zero-order chi connectivity index (χ0) is 22.9. The Hall–Kier alpha value is -3.59. The number of thiophene rings is 1. The predicted molar refractivity (Wildman–Crippen MR) is 119 cm³/mol. The third-order valence-electron chi connectivity index (χ3n) is 4.33. The fraction of sp³-hybridized carbons (Fsp3) is 0.0500. The second kappa shape index (κ2) is 8.51. The van der Waals surface area contributed by atoms with Crippen LogP contribution in [0.5, 0.6) is 0 Å². The lowest BCUT2D eigenvalue weighted by molar-refractivity contribution is -0.114. The highest BCUT2D eigenvalue weighted by atomic mass is 35.5. The lowest BCUT2D eigenvalue weighted by atomic mass is 10.1. The topological polar surface area (TPSA) is 141 Å². The number of pyridine rings is 1. The van der Waals surface area contributed by atoms with Crippen molar-refractivity contribution in [1.29, 1.82) is 5.26 Å². The van der Waals surface area contributed by atoms with Gasteiger partial charge in [0, 0.05) is 18.1 Å². The van der Waals surface area contributed by atoms with Gasteiger partial charge in [0.2, 0.25) is 15.7 Å². The van der Waals surface area contributed by atoms with Crippen LogP contribution in [-0.4, -0.2) is 34.5 Å². The first-order valence-corrected chi connectivity index (χ1v) is 11.7. The number of hydrogen-bond donors (Lipinski definition) is 2. The van der Waals surface area contributed by atoms with Crippen LogP contribution < -0.4 is 5.32 Å². The molecule has 2 N–H and O–H groups in total. The molecule has 32 heavy (non-hydrogen) atoms. The van der Waals surface area contributed by atoms with Crippen molar-refractivity contribution in [3.63, 3.8) is 0 Å². The molecule has 0 saturated heterocycles.